The standard InChI is InChI=1S/C13H18N2O5S/c1-8(2)11(13(17)20-3)15-21(18,19)10-6-4-9(5-7-10)12(14)16/h4-8,11,15H,1-3H3,(H2,14,16). The third-order valence-corrected chi connectivity index (χ3v) is 4.31. The van der Waals surface area contributed by atoms with Crippen LogP contribution in [0.2, 0.25) is 0 Å². The molecular formula is C13H18N2O5S. The maximum Gasteiger partial charge on any atom is 0.324 e. The van der Waals surface area contributed by atoms with Crippen molar-refractivity contribution in [3.63, 3.8) is 0 Å². The highest BCUT2D eigenvalue weighted by Gasteiger charge is 2.29. The Hall–Kier alpha value is -1.93. The number of esters is 1. The van der Waals surface area contributed by atoms with Crippen molar-refractivity contribution in [3.05, 3.63) is 29.8 Å². The van der Waals surface area contributed by atoms with Crippen LogP contribution in [-0.2, 0) is 19.6 Å². The molecule has 0 aromatic heterocycles. The van der Waals surface area contributed by atoms with Gasteiger partial charge in [0.25, 0.3) is 0 Å². The number of nitrogens with two attached hydrogens (primary N) is 1. The molecule has 8 heteroatoms. The van der Waals surface area contributed by atoms with E-state index in [2.05, 4.69) is 9.46 Å². The fourth-order valence-corrected chi connectivity index (χ4v) is 2.95. The minimum Gasteiger partial charge on any atom is -0.468 e. The molecule has 0 aliphatic carbocycles. The third kappa shape index (κ3) is 4.27. The minimum atomic E-state index is -3.91. The van der Waals surface area contributed by atoms with Gasteiger partial charge in [0.2, 0.25) is 15.9 Å². The van der Waals surface area contributed by atoms with Crippen LogP contribution in [0.15, 0.2) is 29.2 Å². The Kier molecular flexibility index (Phi) is 5.45. The van der Waals surface area contributed by atoms with Gasteiger partial charge in [-0.25, -0.2) is 8.42 Å². The van der Waals surface area contributed by atoms with Crippen molar-refractivity contribution in [3.8, 4) is 0 Å². The number of sulfonamides is 1. The summed E-state index contributed by atoms with van der Waals surface area (Å²) in [5, 5.41) is 0. The van der Waals surface area contributed by atoms with Crippen molar-refractivity contribution >= 4 is 21.9 Å². The summed E-state index contributed by atoms with van der Waals surface area (Å²) >= 11 is 0. The van der Waals surface area contributed by atoms with Gasteiger partial charge >= 0.3 is 5.97 Å². The first-order valence-corrected chi connectivity index (χ1v) is 7.67. The molecule has 0 radical (unpaired) electrons. The molecule has 0 saturated carbocycles. The first-order chi connectivity index (χ1) is 9.69. The molecule has 1 amide bonds. The summed E-state index contributed by atoms with van der Waals surface area (Å²) in [6, 6.07) is 4.11. The normalized spacial score (nSPS) is 13.0. The molecule has 1 aromatic rings. The van der Waals surface area contributed by atoms with Crippen molar-refractivity contribution in [1.29, 1.82) is 0 Å². The van der Waals surface area contributed by atoms with Crippen LogP contribution in [0.3, 0.4) is 0 Å². The average molecular weight is 314 g/mol. The van der Waals surface area contributed by atoms with Gasteiger partial charge in [0.1, 0.15) is 6.04 Å². The van der Waals surface area contributed by atoms with Crippen LogP contribution in [0.25, 0.3) is 0 Å². The molecule has 0 saturated heterocycles. The maximum atomic E-state index is 12.2. The van der Waals surface area contributed by atoms with E-state index in [1.54, 1.807) is 13.8 Å². The number of primary amides is 1. The van der Waals surface area contributed by atoms with Crippen molar-refractivity contribution in [2.24, 2.45) is 11.7 Å². The Morgan fingerprint density at radius 2 is 1.71 bits per heavy atom. The van der Waals surface area contributed by atoms with Crippen LogP contribution in [0.5, 0.6) is 0 Å². The van der Waals surface area contributed by atoms with Crippen molar-refractivity contribution in [1.82, 2.24) is 4.72 Å². The first-order valence-electron chi connectivity index (χ1n) is 6.19. The van der Waals surface area contributed by atoms with Gasteiger partial charge in [-0.3, -0.25) is 9.59 Å². The van der Waals surface area contributed by atoms with E-state index in [-0.39, 0.29) is 16.4 Å². The summed E-state index contributed by atoms with van der Waals surface area (Å²) in [4.78, 5) is 22.5. The predicted octanol–water partition coefficient (Wildman–Crippen LogP) is 0.261. The lowest BCUT2D eigenvalue weighted by atomic mass is 10.1. The molecule has 0 aliphatic heterocycles. The van der Waals surface area contributed by atoms with E-state index in [1.807, 2.05) is 0 Å². The summed E-state index contributed by atoms with van der Waals surface area (Å²) in [6.45, 7) is 3.39. The molecule has 1 atom stereocenters. The Morgan fingerprint density at radius 1 is 1.19 bits per heavy atom. The second-order valence-electron chi connectivity index (χ2n) is 4.75. The van der Waals surface area contributed by atoms with E-state index < -0.39 is 27.9 Å². The Balaban J connectivity index is 3.04. The number of benzene rings is 1. The predicted molar refractivity (Wildman–Crippen MR) is 75.9 cm³/mol. The van der Waals surface area contributed by atoms with E-state index >= 15 is 0 Å². The second kappa shape index (κ2) is 6.68. The quantitative estimate of drug-likeness (QED) is 0.731. The molecule has 116 valence electrons. The van der Waals surface area contributed by atoms with Crippen molar-refractivity contribution < 1.29 is 22.7 Å². The van der Waals surface area contributed by atoms with Gasteiger partial charge in [0.15, 0.2) is 0 Å². The van der Waals surface area contributed by atoms with Gasteiger partial charge in [-0.1, -0.05) is 13.8 Å². The molecule has 1 aromatic carbocycles. The van der Waals surface area contributed by atoms with Crippen molar-refractivity contribution in [2.75, 3.05) is 7.11 Å². The van der Waals surface area contributed by atoms with Crippen LogP contribution >= 0.6 is 0 Å². The second-order valence-corrected chi connectivity index (χ2v) is 6.47. The van der Waals surface area contributed by atoms with Gasteiger partial charge in [0.05, 0.1) is 12.0 Å². The highest BCUT2D eigenvalue weighted by Crippen LogP contribution is 2.13. The van der Waals surface area contributed by atoms with E-state index in [4.69, 9.17) is 5.73 Å². The molecule has 21 heavy (non-hydrogen) atoms. The minimum absolute atomic E-state index is 0.0675. The van der Waals surface area contributed by atoms with E-state index in [9.17, 15) is 18.0 Å². The number of ether oxygens (including phenoxy) is 1. The molecule has 1 unspecified atom stereocenters. The Bertz CT molecular complexity index is 622. The molecule has 0 fully saturated rings. The summed E-state index contributed by atoms with van der Waals surface area (Å²) in [6.07, 6.45) is 0. The number of amides is 1. The highest BCUT2D eigenvalue weighted by atomic mass is 32.2. The van der Waals surface area contributed by atoms with Gasteiger partial charge in [0, 0.05) is 5.56 Å². The molecule has 0 bridgehead atoms. The summed E-state index contributed by atoms with van der Waals surface area (Å²) in [5.41, 5.74) is 5.28. The van der Waals surface area contributed by atoms with E-state index in [0.29, 0.717) is 0 Å². The number of carbonyl (C=O) groups excluding carboxylic acids is 2. The summed E-state index contributed by atoms with van der Waals surface area (Å²) in [5.74, 6) is -1.60. The topological polar surface area (TPSA) is 116 Å². The fraction of sp³-hybridized carbons (Fsp3) is 0.385. The zero-order valence-corrected chi connectivity index (χ0v) is 12.8. The van der Waals surface area contributed by atoms with Crippen LogP contribution in [0, 0.1) is 5.92 Å². The number of carbonyl (C=O) groups is 2. The number of methoxy groups -OCH3 is 1. The smallest absolute Gasteiger partial charge is 0.324 e. The monoisotopic (exact) mass is 314 g/mol. The highest BCUT2D eigenvalue weighted by molar-refractivity contribution is 7.89. The molecule has 0 aliphatic rings. The Morgan fingerprint density at radius 3 is 2.10 bits per heavy atom. The van der Waals surface area contributed by atoms with Gasteiger partial charge in [-0.2, -0.15) is 4.72 Å². The molecule has 0 heterocycles. The lowest BCUT2D eigenvalue weighted by molar-refractivity contribution is -0.143. The maximum absolute atomic E-state index is 12.2. The number of nitrogens with one attached hydrogen (secondary N) is 1. The SMILES string of the molecule is COC(=O)C(NS(=O)(=O)c1ccc(C(N)=O)cc1)C(C)C. The fourth-order valence-electron chi connectivity index (χ4n) is 1.62. The van der Waals surface area contributed by atoms with Gasteiger partial charge in [-0.15, -0.1) is 0 Å². The van der Waals surface area contributed by atoms with Gasteiger partial charge in [-0.05, 0) is 30.2 Å². The largest absolute Gasteiger partial charge is 0.468 e. The number of rotatable bonds is 6. The third-order valence-electron chi connectivity index (χ3n) is 2.85. The summed E-state index contributed by atoms with van der Waals surface area (Å²) < 4.78 is 31.3. The zero-order chi connectivity index (χ0) is 16.2. The molecule has 0 spiro atoms. The lowest BCUT2D eigenvalue weighted by Crippen LogP contribution is -2.44. The van der Waals surface area contributed by atoms with Crippen LogP contribution in [0.4, 0.5) is 0 Å². The van der Waals surface area contributed by atoms with Crippen LogP contribution in [0.1, 0.15) is 24.2 Å². The first kappa shape index (κ1) is 17.1. The molecule has 3 N–H and O–H groups in total. The molecule has 7 nitrogen and oxygen atoms in total. The van der Waals surface area contributed by atoms with Crippen LogP contribution < -0.4 is 10.5 Å². The molecule has 1 rings (SSSR count). The van der Waals surface area contributed by atoms with Crippen LogP contribution in [-0.4, -0.2) is 33.4 Å². The zero-order valence-electron chi connectivity index (χ0n) is 12.0. The average Bonchev–Trinajstić information content (AvgIpc) is 2.43. The van der Waals surface area contributed by atoms with Gasteiger partial charge < -0.3 is 10.5 Å². The van der Waals surface area contributed by atoms with E-state index in [1.165, 1.54) is 31.4 Å². The number of hydrogen-bond acceptors (Lipinski definition) is 5. The molecular weight excluding hydrogens is 296 g/mol. The summed E-state index contributed by atoms with van der Waals surface area (Å²) in [7, 11) is -2.72. The van der Waals surface area contributed by atoms with Crippen molar-refractivity contribution in [2.45, 2.75) is 24.8 Å². The lowest BCUT2D eigenvalue weighted by Gasteiger charge is -2.19. The Labute approximate surface area is 123 Å². The van der Waals surface area contributed by atoms with E-state index in [0.717, 1.165) is 0 Å². The number of hydrogen-bond donors (Lipinski definition) is 2.